The molecule has 0 aliphatic carbocycles. The Hall–Kier alpha value is -1.34. The Morgan fingerprint density at radius 3 is 2.48 bits per heavy atom. The fourth-order valence-corrected chi connectivity index (χ4v) is 2.67. The normalized spacial score (nSPS) is 15.0. The lowest BCUT2D eigenvalue weighted by Crippen LogP contribution is -2.33. The maximum atomic E-state index is 12.7. The molecule has 2 N–H and O–H groups in total. The fourth-order valence-electron chi connectivity index (χ4n) is 2.15. The van der Waals surface area contributed by atoms with Crippen LogP contribution in [0.15, 0.2) is 41.0 Å². The van der Waals surface area contributed by atoms with E-state index in [0.717, 1.165) is 16.1 Å². The molecule has 0 radical (unpaired) electrons. The molecule has 0 amide bonds. The highest BCUT2D eigenvalue weighted by molar-refractivity contribution is 9.10. The first-order valence-corrected chi connectivity index (χ1v) is 7.26. The highest BCUT2D eigenvalue weighted by Gasteiger charge is 2.35. The molecule has 7 heteroatoms. The van der Waals surface area contributed by atoms with Gasteiger partial charge in [0.25, 0.3) is 0 Å². The molecule has 0 spiro atoms. The third-order valence-corrected chi connectivity index (χ3v) is 4.01. The van der Waals surface area contributed by atoms with E-state index < -0.39 is 17.9 Å². The average molecular weight is 362 g/mol. The molecule has 21 heavy (non-hydrogen) atoms. The van der Waals surface area contributed by atoms with Crippen LogP contribution in [-0.2, 0) is 6.18 Å². The Morgan fingerprint density at radius 1 is 1.29 bits per heavy atom. The topological polar surface area (TPSA) is 43.8 Å². The number of halogens is 4. The van der Waals surface area contributed by atoms with E-state index in [1.807, 2.05) is 31.2 Å². The van der Waals surface area contributed by atoms with Crippen LogP contribution in [0.1, 0.15) is 30.6 Å². The number of hydrogen-bond donors (Lipinski definition) is 1. The standard InChI is InChI=1S/C14H15BrF3N3/c1-2-11(19)13(9-5-3-4-6-10(9)15)21-8-7-12(20-21)14(16,17)18/h3-8,11,13H,2,19H2,1H3. The van der Waals surface area contributed by atoms with Gasteiger partial charge in [0, 0.05) is 16.7 Å². The van der Waals surface area contributed by atoms with Gasteiger partial charge >= 0.3 is 6.18 Å². The van der Waals surface area contributed by atoms with Crippen LogP contribution < -0.4 is 5.73 Å². The zero-order chi connectivity index (χ0) is 15.6. The first-order chi connectivity index (χ1) is 9.84. The highest BCUT2D eigenvalue weighted by Crippen LogP contribution is 2.32. The molecule has 0 bridgehead atoms. The number of rotatable bonds is 4. The second-order valence-electron chi connectivity index (χ2n) is 4.72. The van der Waals surface area contributed by atoms with Gasteiger partial charge in [0.15, 0.2) is 5.69 Å². The minimum Gasteiger partial charge on any atom is -0.326 e. The summed E-state index contributed by atoms with van der Waals surface area (Å²) < 4.78 is 40.2. The summed E-state index contributed by atoms with van der Waals surface area (Å²) >= 11 is 3.42. The van der Waals surface area contributed by atoms with Crippen LogP contribution in [0.4, 0.5) is 13.2 Å². The SMILES string of the molecule is CCC(N)C(c1ccccc1Br)n1ccc(C(F)(F)F)n1. The minimum absolute atomic E-state index is 0.343. The van der Waals surface area contributed by atoms with Gasteiger partial charge in [-0.15, -0.1) is 0 Å². The van der Waals surface area contributed by atoms with Crippen molar-refractivity contribution in [2.75, 3.05) is 0 Å². The molecule has 1 heterocycles. The Morgan fingerprint density at radius 2 is 1.95 bits per heavy atom. The lowest BCUT2D eigenvalue weighted by Gasteiger charge is -2.25. The summed E-state index contributed by atoms with van der Waals surface area (Å²) in [7, 11) is 0. The van der Waals surface area contributed by atoms with Crippen LogP contribution in [0.25, 0.3) is 0 Å². The van der Waals surface area contributed by atoms with Crippen LogP contribution in [0.5, 0.6) is 0 Å². The van der Waals surface area contributed by atoms with E-state index in [0.29, 0.717) is 6.42 Å². The van der Waals surface area contributed by atoms with E-state index >= 15 is 0 Å². The number of alkyl halides is 3. The molecule has 2 unspecified atom stereocenters. The van der Waals surface area contributed by atoms with Crippen molar-refractivity contribution in [1.82, 2.24) is 9.78 Å². The predicted octanol–water partition coefficient (Wildman–Crippen LogP) is 3.99. The van der Waals surface area contributed by atoms with Gasteiger partial charge in [0.2, 0.25) is 0 Å². The molecule has 3 nitrogen and oxygen atoms in total. The molecule has 114 valence electrons. The average Bonchev–Trinajstić information content (AvgIpc) is 2.90. The van der Waals surface area contributed by atoms with Crippen molar-refractivity contribution in [3.63, 3.8) is 0 Å². The molecular formula is C14H15BrF3N3. The van der Waals surface area contributed by atoms with Gasteiger partial charge in [-0.3, -0.25) is 4.68 Å². The fraction of sp³-hybridized carbons (Fsp3) is 0.357. The van der Waals surface area contributed by atoms with E-state index in [1.54, 1.807) is 0 Å². The quantitative estimate of drug-likeness (QED) is 0.894. The number of nitrogens with two attached hydrogens (primary N) is 1. The Balaban J connectivity index is 2.47. The van der Waals surface area contributed by atoms with Crippen molar-refractivity contribution in [2.45, 2.75) is 31.6 Å². The molecule has 2 atom stereocenters. The predicted molar refractivity (Wildman–Crippen MR) is 77.8 cm³/mol. The van der Waals surface area contributed by atoms with Crippen molar-refractivity contribution < 1.29 is 13.2 Å². The Kier molecular flexibility index (Phi) is 4.73. The zero-order valence-corrected chi connectivity index (χ0v) is 12.9. The van der Waals surface area contributed by atoms with Gasteiger partial charge in [0.1, 0.15) is 0 Å². The number of hydrogen-bond acceptors (Lipinski definition) is 2. The number of nitrogens with zero attached hydrogens (tertiary/aromatic N) is 2. The van der Waals surface area contributed by atoms with E-state index in [-0.39, 0.29) is 6.04 Å². The second kappa shape index (κ2) is 6.19. The van der Waals surface area contributed by atoms with Crippen LogP contribution in [-0.4, -0.2) is 15.8 Å². The molecule has 0 fully saturated rings. The summed E-state index contributed by atoms with van der Waals surface area (Å²) in [5.74, 6) is 0. The lowest BCUT2D eigenvalue weighted by atomic mass is 9.98. The Bertz CT molecular complexity index is 610. The number of aromatic nitrogens is 2. The van der Waals surface area contributed by atoms with E-state index in [9.17, 15) is 13.2 Å². The van der Waals surface area contributed by atoms with E-state index in [4.69, 9.17) is 5.73 Å². The third-order valence-electron chi connectivity index (χ3n) is 3.28. The summed E-state index contributed by atoms with van der Waals surface area (Å²) in [6.07, 6.45) is -2.52. The van der Waals surface area contributed by atoms with Crippen molar-refractivity contribution in [2.24, 2.45) is 5.73 Å². The first-order valence-electron chi connectivity index (χ1n) is 6.47. The molecule has 0 aliphatic heterocycles. The van der Waals surface area contributed by atoms with Crippen LogP contribution in [0.3, 0.4) is 0 Å². The third kappa shape index (κ3) is 3.47. The van der Waals surface area contributed by atoms with Crippen LogP contribution >= 0.6 is 15.9 Å². The van der Waals surface area contributed by atoms with Gasteiger partial charge in [-0.1, -0.05) is 41.1 Å². The van der Waals surface area contributed by atoms with Gasteiger partial charge in [-0.05, 0) is 24.1 Å². The van der Waals surface area contributed by atoms with Gasteiger partial charge in [0.05, 0.1) is 6.04 Å². The number of benzene rings is 1. The van der Waals surface area contributed by atoms with Crippen molar-refractivity contribution in [1.29, 1.82) is 0 Å². The van der Waals surface area contributed by atoms with Crippen molar-refractivity contribution >= 4 is 15.9 Å². The molecular weight excluding hydrogens is 347 g/mol. The minimum atomic E-state index is -4.46. The summed E-state index contributed by atoms with van der Waals surface area (Å²) in [5, 5.41) is 3.66. The maximum Gasteiger partial charge on any atom is 0.435 e. The largest absolute Gasteiger partial charge is 0.435 e. The van der Waals surface area contributed by atoms with Gasteiger partial charge < -0.3 is 5.73 Å². The molecule has 1 aromatic carbocycles. The van der Waals surface area contributed by atoms with E-state index in [1.165, 1.54) is 10.9 Å². The monoisotopic (exact) mass is 361 g/mol. The molecule has 2 rings (SSSR count). The van der Waals surface area contributed by atoms with Gasteiger partial charge in [-0.2, -0.15) is 18.3 Å². The van der Waals surface area contributed by atoms with Crippen molar-refractivity contribution in [3.8, 4) is 0 Å². The molecule has 2 aromatic rings. The molecule has 0 saturated heterocycles. The van der Waals surface area contributed by atoms with Crippen molar-refractivity contribution in [3.05, 3.63) is 52.3 Å². The highest BCUT2D eigenvalue weighted by atomic mass is 79.9. The van der Waals surface area contributed by atoms with Gasteiger partial charge in [-0.25, -0.2) is 0 Å². The molecule has 0 saturated carbocycles. The summed E-state index contributed by atoms with van der Waals surface area (Å²) in [6, 6.07) is 7.49. The lowest BCUT2D eigenvalue weighted by molar-refractivity contribution is -0.141. The summed E-state index contributed by atoms with van der Waals surface area (Å²) in [5.41, 5.74) is 6.00. The molecule has 0 aliphatic rings. The van der Waals surface area contributed by atoms with Crippen LogP contribution in [0, 0.1) is 0 Å². The van der Waals surface area contributed by atoms with E-state index in [2.05, 4.69) is 21.0 Å². The zero-order valence-electron chi connectivity index (χ0n) is 11.3. The summed E-state index contributed by atoms with van der Waals surface area (Å²) in [4.78, 5) is 0. The smallest absolute Gasteiger partial charge is 0.326 e. The van der Waals surface area contributed by atoms with Crippen LogP contribution in [0.2, 0.25) is 0 Å². The Labute approximate surface area is 129 Å². The molecule has 1 aromatic heterocycles. The first kappa shape index (κ1) is 16.0. The summed E-state index contributed by atoms with van der Waals surface area (Å²) in [6.45, 7) is 1.89. The second-order valence-corrected chi connectivity index (χ2v) is 5.57. The maximum absolute atomic E-state index is 12.7.